The Morgan fingerprint density at radius 1 is 1.53 bits per heavy atom. The van der Waals surface area contributed by atoms with Crippen molar-refractivity contribution in [1.82, 2.24) is 0 Å². The fourth-order valence-corrected chi connectivity index (χ4v) is 1.74. The van der Waals surface area contributed by atoms with Crippen LogP contribution in [0.15, 0.2) is 18.2 Å². The van der Waals surface area contributed by atoms with E-state index in [4.69, 9.17) is 9.84 Å². The number of nitro benzene ring substituents is 1. The van der Waals surface area contributed by atoms with E-state index in [9.17, 15) is 14.9 Å². The lowest BCUT2D eigenvalue weighted by atomic mass is 10.1. The van der Waals surface area contributed by atoms with Gasteiger partial charge in [-0.1, -0.05) is 0 Å². The minimum atomic E-state index is -1.19. The lowest BCUT2D eigenvalue weighted by Gasteiger charge is -2.24. The molecule has 19 heavy (non-hydrogen) atoms. The number of rotatable bonds is 7. The number of benzene rings is 1. The summed E-state index contributed by atoms with van der Waals surface area (Å²) in [6, 6.07) is 3.84. The van der Waals surface area contributed by atoms with Crippen molar-refractivity contribution in [3.8, 4) is 0 Å². The van der Waals surface area contributed by atoms with Gasteiger partial charge in [0.15, 0.2) is 0 Å². The number of carboxylic acids is 1. The fourth-order valence-electron chi connectivity index (χ4n) is 1.74. The van der Waals surface area contributed by atoms with Crippen LogP contribution in [0.25, 0.3) is 0 Å². The van der Waals surface area contributed by atoms with Gasteiger partial charge in [0.1, 0.15) is 0 Å². The Bertz CT molecular complexity index is 475. The molecular formula is C12H16N2O5. The Morgan fingerprint density at radius 2 is 2.21 bits per heavy atom. The Balaban J connectivity index is 3.17. The van der Waals surface area contributed by atoms with Gasteiger partial charge in [-0.25, -0.2) is 4.79 Å². The molecule has 0 saturated heterocycles. The van der Waals surface area contributed by atoms with Crippen molar-refractivity contribution < 1.29 is 19.6 Å². The van der Waals surface area contributed by atoms with Crippen LogP contribution in [-0.2, 0) is 4.74 Å². The van der Waals surface area contributed by atoms with Crippen LogP contribution < -0.4 is 4.90 Å². The molecule has 1 N–H and O–H groups in total. The maximum atomic E-state index is 11.2. The number of ether oxygens (including phenoxy) is 1. The summed E-state index contributed by atoms with van der Waals surface area (Å²) < 4.78 is 4.96. The molecule has 0 heterocycles. The molecule has 7 nitrogen and oxygen atoms in total. The van der Waals surface area contributed by atoms with Crippen LogP contribution in [0.2, 0.25) is 0 Å². The number of hydrogen-bond donors (Lipinski definition) is 1. The molecule has 0 saturated carbocycles. The van der Waals surface area contributed by atoms with Crippen molar-refractivity contribution >= 4 is 17.3 Å². The molecule has 1 aromatic carbocycles. The first kappa shape index (κ1) is 14.9. The summed E-state index contributed by atoms with van der Waals surface area (Å²) in [5.74, 6) is -1.19. The zero-order valence-corrected chi connectivity index (χ0v) is 10.8. The predicted octanol–water partition coefficient (Wildman–Crippen LogP) is 1.77. The molecule has 0 aliphatic rings. The zero-order valence-electron chi connectivity index (χ0n) is 10.8. The Morgan fingerprint density at radius 3 is 2.68 bits per heavy atom. The van der Waals surface area contributed by atoms with Crippen LogP contribution in [0.5, 0.6) is 0 Å². The highest BCUT2D eigenvalue weighted by Crippen LogP contribution is 2.25. The number of hydrogen-bond acceptors (Lipinski definition) is 5. The molecule has 0 atom stereocenters. The van der Waals surface area contributed by atoms with E-state index in [0.717, 1.165) is 6.07 Å². The van der Waals surface area contributed by atoms with Gasteiger partial charge < -0.3 is 14.7 Å². The lowest BCUT2D eigenvalue weighted by molar-refractivity contribution is -0.384. The van der Waals surface area contributed by atoms with Gasteiger partial charge in [-0.05, 0) is 13.0 Å². The van der Waals surface area contributed by atoms with Crippen molar-refractivity contribution in [2.24, 2.45) is 0 Å². The number of carboxylic acid groups (broad SMARTS) is 1. The van der Waals surface area contributed by atoms with Gasteiger partial charge >= 0.3 is 5.97 Å². The predicted molar refractivity (Wildman–Crippen MR) is 69.8 cm³/mol. The number of anilines is 1. The molecule has 0 amide bonds. The Labute approximate surface area is 110 Å². The molecule has 1 rings (SSSR count). The number of non-ortho nitro benzene ring substituents is 1. The molecule has 0 aliphatic heterocycles. The molecule has 1 aromatic rings. The number of nitro groups is 1. The van der Waals surface area contributed by atoms with Crippen molar-refractivity contribution in [3.05, 3.63) is 33.9 Å². The third-order valence-corrected chi connectivity index (χ3v) is 2.71. The summed E-state index contributed by atoms with van der Waals surface area (Å²) in [6.45, 7) is 3.43. The summed E-state index contributed by atoms with van der Waals surface area (Å²) in [5, 5.41) is 19.8. The van der Waals surface area contributed by atoms with E-state index in [1.54, 1.807) is 12.0 Å². The third-order valence-electron chi connectivity index (χ3n) is 2.71. The summed E-state index contributed by atoms with van der Waals surface area (Å²) in [6.07, 6.45) is 0. The van der Waals surface area contributed by atoms with Crippen LogP contribution in [0.4, 0.5) is 11.4 Å². The van der Waals surface area contributed by atoms with Crippen molar-refractivity contribution in [2.45, 2.75) is 6.92 Å². The molecule has 0 spiro atoms. The molecule has 0 aromatic heterocycles. The Kier molecular flexibility index (Phi) is 5.25. The molecule has 0 unspecified atom stereocenters. The first-order chi connectivity index (χ1) is 9.01. The quantitative estimate of drug-likeness (QED) is 0.598. The van der Waals surface area contributed by atoms with Crippen LogP contribution in [0, 0.1) is 10.1 Å². The first-order valence-electron chi connectivity index (χ1n) is 5.76. The number of aromatic carboxylic acids is 1. The smallest absolute Gasteiger partial charge is 0.338 e. The lowest BCUT2D eigenvalue weighted by Crippen LogP contribution is -2.28. The molecule has 0 fully saturated rings. The SMILES string of the molecule is CCN(CCOC)c1ccc([N+](=O)[O-])cc1C(=O)O. The van der Waals surface area contributed by atoms with Gasteiger partial charge in [0.2, 0.25) is 0 Å². The van der Waals surface area contributed by atoms with Gasteiger partial charge in [-0.3, -0.25) is 10.1 Å². The highest BCUT2D eigenvalue weighted by molar-refractivity contribution is 5.95. The van der Waals surface area contributed by atoms with Crippen molar-refractivity contribution in [1.29, 1.82) is 0 Å². The molecule has 7 heteroatoms. The number of nitrogens with zero attached hydrogens (tertiary/aromatic N) is 2. The van der Waals surface area contributed by atoms with Crippen LogP contribution in [-0.4, -0.2) is 42.8 Å². The second-order valence-corrected chi connectivity index (χ2v) is 3.84. The summed E-state index contributed by atoms with van der Waals surface area (Å²) in [7, 11) is 1.56. The average Bonchev–Trinajstić information content (AvgIpc) is 2.39. The van der Waals surface area contributed by atoms with Crippen LogP contribution in [0.1, 0.15) is 17.3 Å². The zero-order chi connectivity index (χ0) is 14.4. The normalized spacial score (nSPS) is 10.2. The van der Waals surface area contributed by atoms with Crippen LogP contribution in [0.3, 0.4) is 0 Å². The van der Waals surface area contributed by atoms with E-state index in [1.807, 2.05) is 6.92 Å². The fraction of sp³-hybridized carbons (Fsp3) is 0.417. The number of carbonyl (C=O) groups is 1. The third kappa shape index (κ3) is 3.65. The van der Waals surface area contributed by atoms with Gasteiger partial charge in [-0.2, -0.15) is 0 Å². The molecule has 0 bridgehead atoms. The maximum absolute atomic E-state index is 11.2. The highest BCUT2D eigenvalue weighted by atomic mass is 16.6. The summed E-state index contributed by atoms with van der Waals surface area (Å²) in [4.78, 5) is 23.1. The van der Waals surface area contributed by atoms with Gasteiger partial charge in [0, 0.05) is 32.3 Å². The molecule has 104 valence electrons. The summed E-state index contributed by atoms with van der Waals surface area (Å²) in [5.41, 5.74) is 0.147. The van der Waals surface area contributed by atoms with E-state index in [0.29, 0.717) is 25.4 Å². The summed E-state index contributed by atoms with van der Waals surface area (Å²) >= 11 is 0. The topological polar surface area (TPSA) is 92.9 Å². The largest absolute Gasteiger partial charge is 0.478 e. The second kappa shape index (κ2) is 6.69. The minimum absolute atomic E-state index is 0.0767. The van der Waals surface area contributed by atoms with Gasteiger partial charge in [0.25, 0.3) is 5.69 Å². The number of methoxy groups -OCH3 is 1. The van der Waals surface area contributed by atoms with E-state index in [1.165, 1.54) is 12.1 Å². The molecular weight excluding hydrogens is 252 g/mol. The van der Waals surface area contributed by atoms with E-state index < -0.39 is 10.9 Å². The average molecular weight is 268 g/mol. The first-order valence-corrected chi connectivity index (χ1v) is 5.76. The standard InChI is InChI=1S/C12H16N2O5/c1-3-13(6-7-19-2)11-5-4-9(14(17)18)8-10(11)12(15)16/h4-5,8H,3,6-7H2,1-2H3,(H,15,16). The van der Waals surface area contributed by atoms with Crippen molar-refractivity contribution in [2.75, 3.05) is 31.7 Å². The number of likely N-dealkylation sites (N-methyl/N-ethyl adjacent to an activating group) is 1. The van der Waals surface area contributed by atoms with Gasteiger partial charge in [0.05, 0.1) is 22.8 Å². The van der Waals surface area contributed by atoms with E-state index in [-0.39, 0.29) is 11.3 Å². The highest BCUT2D eigenvalue weighted by Gasteiger charge is 2.19. The Hall–Kier alpha value is -2.15. The van der Waals surface area contributed by atoms with Crippen molar-refractivity contribution in [3.63, 3.8) is 0 Å². The molecule has 0 aliphatic carbocycles. The molecule has 0 radical (unpaired) electrons. The van der Waals surface area contributed by atoms with Gasteiger partial charge in [-0.15, -0.1) is 0 Å². The minimum Gasteiger partial charge on any atom is -0.478 e. The second-order valence-electron chi connectivity index (χ2n) is 3.84. The van der Waals surface area contributed by atoms with Crippen LogP contribution >= 0.6 is 0 Å². The van der Waals surface area contributed by atoms with E-state index >= 15 is 0 Å². The maximum Gasteiger partial charge on any atom is 0.338 e. The van der Waals surface area contributed by atoms with E-state index in [2.05, 4.69) is 0 Å². The monoisotopic (exact) mass is 268 g/mol.